The number of benzene rings is 1. The van der Waals surface area contributed by atoms with Crippen LogP contribution in [-0.4, -0.2) is 5.96 Å². The minimum absolute atomic E-state index is 0.0222. The normalized spacial score (nSPS) is 23.7. The van der Waals surface area contributed by atoms with E-state index in [4.69, 9.17) is 23.1 Å². The Balaban J connectivity index is 2.50. The second-order valence-electron chi connectivity index (χ2n) is 3.74. The number of alkyl halides is 3. The molecule has 0 aliphatic carbocycles. The van der Waals surface area contributed by atoms with E-state index < -0.39 is 17.5 Å². The summed E-state index contributed by atoms with van der Waals surface area (Å²) in [6, 6.07) is 2.96. The van der Waals surface area contributed by atoms with Crippen molar-refractivity contribution < 1.29 is 13.2 Å². The van der Waals surface area contributed by atoms with Crippen molar-refractivity contribution in [3.05, 3.63) is 34.3 Å². The maximum Gasteiger partial charge on any atom is 0.416 e. The average molecular weight is 280 g/mol. The molecule has 1 heterocycles. The van der Waals surface area contributed by atoms with Crippen molar-refractivity contribution in [3.63, 3.8) is 0 Å². The first kappa shape index (κ1) is 12.9. The lowest BCUT2D eigenvalue weighted by molar-refractivity contribution is -0.137. The number of hydrazine groups is 1. The van der Waals surface area contributed by atoms with Crippen LogP contribution in [0.2, 0.25) is 5.02 Å². The van der Waals surface area contributed by atoms with Gasteiger partial charge in [-0.25, -0.2) is 4.99 Å². The number of halogens is 4. The molecule has 0 aromatic heterocycles. The smallest absolute Gasteiger partial charge is 0.369 e. The Morgan fingerprint density at radius 3 is 2.44 bits per heavy atom. The highest BCUT2D eigenvalue weighted by Crippen LogP contribution is 2.34. The largest absolute Gasteiger partial charge is 0.416 e. The number of nitrogens with zero attached hydrogens (tertiary/aromatic N) is 1. The predicted molar refractivity (Wildman–Crippen MR) is 60.2 cm³/mol. The molecule has 0 saturated heterocycles. The summed E-state index contributed by atoms with van der Waals surface area (Å²) in [6.45, 7) is 0. The van der Waals surface area contributed by atoms with Gasteiger partial charge in [0.05, 0.1) is 5.56 Å². The topological polar surface area (TPSA) is 88.5 Å². The maximum absolute atomic E-state index is 12.6. The molecule has 0 saturated carbocycles. The molecular weight excluding hydrogens is 271 g/mol. The summed E-state index contributed by atoms with van der Waals surface area (Å²) in [7, 11) is 0. The second-order valence-corrected chi connectivity index (χ2v) is 4.18. The van der Waals surface area contributed by atoms with Crippen molar-refractivity contribution in [2.45, 2.75) is 12.0 Å². The molecule has 1 aliphatic heterocycles. The first-order valence-corrected chi connectivity index (χ1v) is 5.14. The lowest BCUT2D eigenvalue weighted by Gasteiger charge is -2.22. The molecule has 0 amide bonds. The van der Waals surface area contributed by atoms with Crippen LogP contribution in [0.3, 0.4) is 0 Å². The summed E-state index contributed by atoms with van der Waals surface area (Å²) in [5.74, 6) is -1.60. The molecule has 1 atom stereocenters. The van der Waals surface area contributed by atoms with Crippen LogP contribution in [0, 0.1) is 0 Å². The molecule has 18 heavy (non-hydrogen) atoms. The van der Waals surface area contributed by atoms with E-state index in [-0.39, 0.29) is 16.5 Å². The summed E-state index contributed by atoms with van der Waals surface area (Å²) in [4.78, 5) is 3.78. The quantitative estimate of drug-likeness (QED) is 0.614. The fourth-order valence-corrected chi connectivity index (χ4v) is 1.75. The maximum atomic E-state index is 12.6. The molecule has 0 fully saturated rings. The van der Waals surface area contributed by atoms with Crippen molar-refractivity contribution in [2.75, 3.05) is 0 Å². The minimum atomic E-state index is -4.52. The Hall–Kier alpha value is -1.51. The Morgan fingerprint density at radius 1 is 1.28 bits per heavy atom. The number of rotatable bonds is 1. The van der Waals surface area contributed by atoms with Crippen LogP contribution < -0.4 is 22.3 Å². The van der Waals surface area contributed by atoms with E-state index in [1.54, 1.807) is 0 Å². The predicted octanol–water partition coefficient (Wildman–Crippen LogP) is 0.850. The first-order chi connectivity index (χ1) is 8.21. The summed E-state index contributed by atoms with van der Waals surface area (Å²) in [5, 5.41) is -0.0906. The van der Waals surface area contributed by atoms with E-state index >= 15 is 0 Å². The number of nitrogens with two attached hydrogens (primary N) is 2. The molecule has 98 valence electrons. The van der Waals surface area contributed by atoms with Gasteiger partial charge in [0.25, 0.3) is 0 Å². The molecule has 1 aliphatic rings. The summed E-state index contributed by atoms with van der Waals surface area (Å²) < 4.78 is 37.9. The van der Waals surface area contributed by atoms with Crippen LogP contribution in [0.15, 0.2) is 23.2 Å². The lowest BCUT2D eigenvalue weighted by atomic mass is 10.1. The average Bonchev–Trinajstić information content (AvgIpc) is 2.58. The van der Waals surface area contributed by atoms with Crippen LogP contribution in [0.4, 0.5) is 13.2 Å². The third kappa shape index (κ3) is 2.35. The highest BCUT2D eigenvalue weighted by Gasteiger charge is 2.36. The highest BCUT2D eigenvalue weighted by atomic mass is 35.5. The summed E-state index contributed by atoms with van der Waals surface area (Å²) in [6.07, 6.45) is -4.52. The van der Waals surface area contributed by atoms with Gasteiger partial charge in [0.2, 0.25) is 11.7 Å². The van der Waals surface area contributed by atoms with Crippen LogP contribution >= 0.6 is 11.6 Å². The van der Waals surface area contributed by atoms with Gasteiger partial charge in [0, 0.05) is 10.6 Å². The standard InChI is InChI=1S/C9H9ClF3N5/c10-6-2-4(8(11,12)13)1-5(3-6)9(15)16-7(14)17-18-9/h1-3,18H,15H2,(H3,14,16,17). The van der Waals surface area contributed by atoms with E-state index in [9.17, 15) is 13.2 Å². The monoisotopic (exact) mass is 279 g/mol. The number of guanidine groups is 1. The van der Waals surface area contributed by atoms with Crippen molar-refractivity contribution in [3.8, 4) is 0 Å². The van der Waals surface area contributed by atoms with E-state index in [2.05, 4.69) is 15.8 Å². The van der Waals surface area contributed by atoms with Crippen molar-refractivity contribution >= 4 is 17.6 Å². The SMILES string of the molecule is NC1=NC(N)(c2cc(Cl)cc(C(F)(F)F)c2)NN1. The van der Waals surface area contributed by atoms with Crippen LogP contribution in [0.1, 0.15) is 11.1 Å². The van der Waals surface area contributed by atoms with Gasteiger partial charge in [0.15, 0.2) is 0 Å². The zero-order valence-corrected chi connectivity index (χ0v) is 9.60. The Bertz CT molecular complexity index is 515. The van der Waals surface area contributed by atoms with Crippen LogP contribution in [0.5, 0.6) is 0 Å². The van der Waals surface area contributed by atoms with Crippen LogP contribution in [0.25, 0.3) is 0 Å². The minimum Gasteiger partial charge on any atom is -0.369 e. The van der Waals surface area contributed by atoms with Gasteiger partial charge < -0.3 is 5.73 Å². The molecule has 1 unspecified atom stereocenters. The molecular formula is C9H9ClF3N5. The number of nitrogens with one attached hydrogen (secondary N) is 2. The molecule has 0 radical (unpaired) electrons. The van der Waals surface area contributed by atoms with Crippen molar-refractivity contribution in [2.24, 2.45) is 16.5 Å². The molecule has 2 rings (SSSR count). The number of hydrogen-bond donors (Lipinski definition) is 4. The molecule has 1 aromatic carbocycles. The van der Waals surface area contributed by atoms with E-state index in [1.807, 2.05) is 0 Å². The van der Waals surface area contributed by atoms with Gasteiger partial charge in [-0.2, -0.15) is 18.6 Å². The van der Waals surface area contributed by atoms with Gasteiger partial charge in [-0.1, -0.05) is 11.6 Å². The molecule has 0 spiro atoms. The number of hydrogen-bond acceptors (Lipinski definition) is 5. The van der Waals surface area contributed by atoms with Gasteiger partial charge >= 0.3 is 6.18 Å². The van der Waals surface area contributed by atoms with Crippen molar-refractivity contribution in [1.82, 2.24) is 10.9 Å². The van der Waals surface area contributed by atoms with Gasteiger partial charge in [-0.3, -0.25) is 11.2 Å². The third-order valence-corrected chi connectivity index (χ3v) is 2.56. The molecule has 9 heteroatoms. The zero-order chi connectivity index (χ0) is 13.6. The molecule has 6 N–H and O–H groups in total. The lowest BCUT2D eigenvalue weighted by Crippen LogP contribution is -2.50. The molecule has 0 bridgehead atoms. The van der Waals surface area contributed by atoms with E-state index in [0.29, 0.717) is 0 Å². The Morgan fingerprint density at radius 2 is 1.94 bits per heavy atom. The van der Waals surface area contributed by atoms with Gasteiger partial charge in [-0.05, 0) is 18.2 Å². The Labute approximate surface area is 105 Å². The van der Waals surface area contributed by atoms with E-state index in [1.165, 1.54) is 6.07 Å². The summed E-state index contributed by atoms with van der Waals surface area (Å²) >= 11 is 5.65. The Kier molecular flexibility index (Phi) is 2.88. The molecule has 1 aromatic rings. The number of aliphatic imine (C=N–C) groups is 1. The van der Waals surface area contributed by atoms with Gasteiger partial charge in [-0.15, -0.1) is 0 Å². The third-order valence-electron chi connectivity index (χ3n) is 2.34. The fraction of sp³-hybridized carbons (Fsp3) is 0.222. The fourth-order valence-electron chi connectivity index (χ4n) is 1.52. The summed E-state index contributed by atoms with van der Waals surface area (Å²) in [5.41, 5.74) is 15.2. The van der Waals surface area contributed by atoms with E-state index in [0.717, 1.165) is 12.1 Å². The van der Waals surface area contributed by atoms with Crippen molar-refractivity contribution in [1.29, 1.82) is 0 Å². The molecule has 5 nitrogen and oxygen atoms in total. The van der Waals surface area contributed by atoms with Gasteiger partial charge in [0.1, 0.15) is 0 Å². The zero-order valence-electron chi connectivity index (χ0n) is 8.85. The second kappa shape index (κ2) is 4.01. The van der Waals surface area contributed by atoms with Crippen LogP contribution in [-0.2, 0) is 12.0 Å². The first-order valence-electron chi connectivity index (χ1n) is 4.76. The highest BCUT2D eigenvalue weighted by molar-refractivity contribution is 6.30.